The first-order valence-electron chi connectivity index (χ1n) is 7.83. The maximum Gasteiger partial charge on any atom is 0.255 e. The number of amides is 1. The van der Waals surface area contributed by atoms with E-state index in [1.165, 1.54) is 12.8 Å². The van der Waals surface area contributed by atoms with Crippen molar-refractivity contribution in [1.82, 2.24) is 14.7 Å². The smallest absolute Gasteiger partial charge is 0.255 e. The Labute approximate surface area is 131 Å². The van der Waals surface area contributed by atoms with Gasteiger partial charge in [0.25, 0.3) is 5.91 Å². The number of hydrogen-bond donors (Lipinski definition) is 2. The lowest BCUT2D eigenvalue weighted by Gasteiger charge is -2.26. The predicted octanol–water partition coefficient (Wildman–Crippen LogP) is 2.91. The van der Waals surface area contributed by atoms with Crippen LogP contribution in [0.25, 0.3) is 5.65 Å². The van der Waals surface area contributed by atoms with Crippen LogP contribution in [0.2, 0.25) is 0 Å². The molecule has 1 aliphatic rings. The Morgan fingerprint density at radius 2 is 2.05 bits per heavy atom. The van der Waals surface area contributed by atoms with Gasteiger partial charge in [0.05, 0.1) is 16.9 Å². The van der Waals surface area contributed by atoms with E-state index >= 15 is 0 Å². The Balaban J connectivity index is 2.05. The van der Waals surface area contributed by atoms with Crippen LogP contribution in [0.4, 0.5) is 5.69 Å². The Morgan fingerprint density at radius 3 is 2.64 bits per heavy atom. The molecule has 0 atom stereocenters. The number of nitrogens with one attached hydrogen (secondary N) is 2. The summed E-state index contributed by atoms with van der Waals surface area (Å²) in [4.78, 5) is 17.3. The molecule has 1 saturated carbocycles. The maximum atomic E-state index is 12.8. The van der Waals surface area contributed by atoms with E-state index < -0.39 is 0 Å². The number of imidazole rings is 1. The minimum Gasteiger partial charge on any atom is -0.387 e. The van der Waals surface area contributed by atoms with Gasteiger partial charge in [-0.1, -0.05) is 0 Å². The van der Waals surface area contributed by atoms with E-state index in [4.69, 9.17) is 0 Å². The highest BCUT2D eigenvalue weighted by molar-refractivity contribution is 6.01. The molecule has 5 heteroatoms. The largest absolute Gasteiger partial charge is 0.387 e. The molecule has 1 fully saturated rings. The van der Waals surface area contributed by atoms with E-state index in [2.05, 4.69) is 29.5 Å². The second-order valence-electron chi connectivity index (χ2n) is 6.83. The zero-order valence-electron chi connectivity index (χ0n) is 13.9. The Kier molecular flexibility index (Phi) is 3.38. The second-order valence-corrected chi connectivity index (χ2v) is 6.83. The zero-order valence-corrected chi connectivity index (χ0v) is 13.9. The van der Waals surface area contributed by atoms with Crippen molar-refractivity contribution in [2.24, 2.45) is 5.92 Å². The van der Waals surface area contributed by atoms with Gasteiger partial charge in [0, 0.05) is 24.5 Å². The summed E-state index contributed by atoms with van der Waals surface area (Å²) in [5.74, 6) is 0.534. The monoisotopic (exact) mass is 300 g/mol. The van der Waals surface area contributed by atoms with Gasteiger partial charge in [0.2, 0.25) is 0 Å². The van der Waals surface area contributed by atoms with Crippen LogP contribution in [-0.4, -0.2) is 27.9 Å². The second kappa shape index (κ2) is 5.00. The summed E-state index contributed by atoms with van der Waals surface area (Å²) >= 11 is 0. The summed E-state index contributed by atoms with van der Waals surface area (Å²) in [6, 6.07) is 1.90. The fourth-order valence-corrected chi connectivity index (χ4v) is 3.07. The Bertz CT molecular complexity index is 741. The molecule has 1 amide bonds. The van der Waals surface area contributed by atoms with Crippen molar-refractivity contribution in [2.75, 3.05) is 12.4 Å². The van der Waals surface area contributed by atoms with Crippen molar-refractivity contribution in [3.8, 4) is 0 Å². The van der Waals surface area contributed by atoms with Crippen LogP contribution in [0, 0.1) is 19.8 Å². The SMILES string of the molecule is CNc1cc(C(=O)NC(C)(C)C2CC2)c2nc(C)cn2c1C. The van der Waals surface area contributed by atoms with Crippen LogP contribution < -0.4 is 10.6 Å². The molecule has 2 heterocycles. The maximum absolute atomic E-state index is 12.8. The third-order valence-corrected chi connectivity index (χ3v) is 4.65. The van der Waals surface area contributed by atoms with E-state index in [0.29, 0.717) is 11.5 Å². The summed E-state index contributed by atoms with van der Waals surface area (Å²) in [5, 5.41) is 6.35. The molecule has 0 bridgehead atoms. The highest BCUT2D eigenvalue weighted by atomic mass is 16.1. The molecule has 0 saturated heterocycles. The first kappa shape index (κ1) is 14.9. The minimum atomic E-state index is -0.166. The van der Waals surface area contributed by atoms with E-state index in [-0.39, 0.29) is 11.4 Å². The number of carbonyl (C=O) groups excluding carboxylic acids is 1. The van der Waals surface area contributed by atoms with Gasteiger partial charge in [-0.3, -0.25) is 4.79 Å². The summed E-state index contributed by atoms with van der Waals surface area (Å²) in [6.07, 6.45) is 4.36. The van der Waals surface area contributed by atoms with Crippen molar-refractivity contribution in [1.29, 1.82) is 0 Å². The average molecular weight is 300 g/mol. The van der Waals surface area contributed by atoms with Gasteiger partial charge in [-0.25, -0.2) is 4.98 Å². The van der Waals surface area contributed by atoms with Crippen LogP contribution in [0.15, 0.2) is 12.3 Å². The van der Waals surface area contributed by atoms with E-state index in [1.54, 1.807) is 0 Å². The van der Waals surface area contributed by atoms with Gasteiger partial charge in [-0.2, -0.15) is 0 Å². The molecule has 0 radical (unpaired) electrons. The molecule has 2 aromatic rings. The van der Waals surface area contributed by atoms with Crippen LogP contribution >= 0.6 is 0 Å². The van der Waals surface area contributed by atoms with Gasteiger partial charge in [0.1, 0.15) is 5.65 Å². The molecule has 3 rings (SSSR count). The summed E-state index contributed by atoms with van der Waals surface area (Å²) in [7, 11) is 1.87. The molecule has 118 valence electrons. The lowest BCUT2D eigenvalue weighted by molar-refractivity contribution is 0.0904. The number of nitrogens with zero attached hydrogens (tertiary/aromatic N) is 2. The number of anilines is 1. The lowest BCUT2D eigenvalue weighted by Crippen LogP contribution is -2.45. The van der Waals surface area contributed by atoms with Crippen LogP contribution in [0.1, 0.15) is 48.4 Å². The summed E-state index contributed by atoms with van der Waals surface area (Å²) in [6.45, 7) is 8.17. The highest BCUT2D eigenvalue weighted by Crippen LogP contribution is 2.39. The normalized spacial score (nSPS) is 15.1. The highest BCUT2D eigenvalue weighted by Gasteiger charge is 2.39. The van der Waals surface area contributed by atoms with E-state index in [9.17, 15) is 4.79 Å². The molecule has 5 nitrogen and oxygen atoms in total. The standard InChI is InChI=1S/C17H24N4O/c1-10-9-21-11(2)14(18-5)8-13(15(21)19-10)16(22)20-17(3,4)12-6-7-12/h8-9,12,18H,6-7H2,1-5H3,(H,20,22). The molecule has 0 spiro atoms. The minimum absolute atomic E-state index is 0.0519. The van der Waals surface area contributed by atoms with Gasteiger partial charge < -0.3 is 15.0 Å². The van der Waals surface area contributed by atoms with E-state index in [1.807, 2.05) is 37.6 Å². The van der Waals surface area contributed by atoms with Crippen LogP contribution in [0.5, 0.6) is 0 Å². The van der Waals surface area contributed by atoms with Crippen LogP contribution in [-0.2, 0) is 0 Å². The van der Waals surface area contributed by atoms with Gasteiger partial charge >= 0.3 is 0 Å². The fourth-order valence-electron chi connectivity index (χ4n) is 3.07. The molecule has 0 aliphatic heterocycles. The van der Waals surface area contributed by atoms with Gasteiger partial charge in [-0.15, -0.1) is 0 Å². The molecular formula is C17H24N4O. The first-order chi connectivity index (χ1) is 10.3. The summed E-state index contributed by atoms with van der Waals surface area (Å²) in [5.41, 5.74) is 4.08. The van der Waals surface area contributed by atoms with Crippen molar-refractivity contribution >= 4 is 17.2 Å². The molecular weight excluding hydrogens is 276 g/mol. The Morgan fingerprint density at radius 1 is 1.36 bits per heavy atom. The molecule has 0 aromatic carbocycles. The molecule has 1 aliphatic carbocycles. The quantitative estimate of drug-likeness (QED) is 0.913. The third kappa shape index (κ3) is 2.45. The van der Waals surface area contributed by atoms with Crippen molar-refractivity contribution in [2.45, 2.75) is 46.1 Å². The average Bonchev–Trinajstić information content (AvgIpc) is 3.22. The zero-order chi connectivity index (χ0) is 16.1. The number of carbonyl (C=O) groups is 1. The van der Waals surface area contributed by atoms with Crippen molar-refractivity contribution < 1.29 is 4.79 Å². The lowest BCUT2D eigenvalue weighted by atomic mass is 9.98. The third-order valence-electron chi connectivity index (χ3n) is 4.65. The van der Waals surface area contributed by atoms with Gasteiger partial charge in [0.15, 0.2) is 0 Å². The summed E-state index contributed by atoms with van der Waals surface area (Å²) < 4.78 is 1.99. The number of aryl methyl sites for hydroxylation is 2. The number of hydrogen-bond acceptors (Lipinski definition) is 3. The molecule has 0 unspecified atom stereocenters. The van der Waals surface area contributed by atoms with Crippen LogP contribution in [0.3, 0.4) is 0 Å². The fraction of sp³-hybridized carbons (Fsp3) is 0.529. The molecule has 2 N–H and O–H groups in total. The first-order valence-corrected chi connectivity index (χ1v) is 7.83. The topological polar surface area (TPSA) is 58.4 Å². The predicted molar refractivity (Wildman–Crippen MR) is 88.5 cm³/mol. The number of fused-ring (bicyclic) bond motifs is 1. The van der Waals surface area contributed by atoms with Crippen molar-refractivity contribution in [3.63, 3.8) is 0 Å². The number of pyridine rings is 1. The van der Waals surface area contributed by atoms with Crippen molar-refractivity contribution in [3.05, 3.63) is 29.2 Å². The number of rotatable bonds is 4. The Hall–Kier alpha value is -2.04. The van der Waals surface area contributed by atoms with Gasteiger partial charge in [-0.05, 0) is 52.5 Å². The number of aromatic nitrogens is 2. The molecule has 22 heavy (non-hydrogen) atoms. The molecule has 2 aromatic heterocycles. The van der Waals surface area contributed by atoms with E-state index in [0.717, 1.165) is 22.7 Å².